The van der Waals surface area contributed by atoms with Gasteiger partial charge in [-0.05, 0) is 74.2 Å². The van der Waals surface area contributed by atoms with E-state index in [2.05, 4.69) is 0 Å². The molecule has 5 heteroatoms. The first-order valence-electron chi connectivity index (χ1n) is 6.60. The normalized spacial score (nSPS) is 11.3. The summed E-state index contributed by atoms with van der Waals surface area (Å²) in [5.41, 5.74) is 4.33. The van der Waals surface area contributed by atoms with Gasteiger partial charge in [-0.1, -0.05) is 12.1 Å². The summed E-state index contributed by atoms with van der Waals surface area (Å²) in [5, 5.41) is 0. The maximum absolute atomic E-state index is 12.3. The summed E-state index contributed by atoms with van der Waals surface area (Å²) in [7, 11) is 0. The number of hydrogen-bond acceptors (Lipinski definition) is 3. The van der Waals surface area contributed by atoms with Crippen LogP contribution in [0.1, 0.15) is 22.3 Å². The first-order chi connectivity index (χ1) is 9.77. The lowest BCUT2D eigenvalue weighted by Crippen LogP contribution is -1.96. The number of aryl methyl sites for hydroxylation is 4. The van der Waals surface area contributed by atoms with E-state index in [1.165, 1.54) is 0 Å². The van der Waals surface area contributed by atoms with Gasteiger partial charge >= 0.3 is 6.95 Å². The van der Waals surface area contributed by atoms with Gasteiger partial charge in [0, 0.05) is 11.2 Å². The second-order valence-corrected chi connectivity index (χ2v) is 7.57. The number of hydrogen-bond donors (Lipinski definition) is 0. The van der Waals surface area contributed by atoms with Gasteiger partial charge in [-0.3, -0.25) is 0 Å². The van der Waals surface area contributed by atoms with Crippen LogP contribution in [-0.4, -0.2) is 0 Å². The molecule has 0 aliphatic heterocycles. The molecule has 2 rings (SSSR count). The van der Waals surface area contributed by atoms with Crippen LogP contribution in [0.4, 0.5) is 0 Å². The van der Waals surface area contributed by atoms with Crippen molar-refractivity contribution < 1.29 is 13.6 Å². The molecule has 0 heterocycles. The molecule has 0 spiro atoms. The molecule has 0 atom stereocenters. The van der Waals surface area contributed by atoms with E-state index < -0.39 is 6.95 Å². The molecule has 0 saturated heterocycles. The molecular weight excluding hydrogens is 307 g/mol. The Morgan fingerprint density at radius 2 is 1.14 bits per heavy atom. The fourth-order valence-electron chi connectivity index (χ4n) is 1.81. The highest BCUT2D eigenvalue weighted by Gasteiger charge is 2.25. The van der Waals surface area contributed by atoms with Crippen LogP contribution in [0.15, 0.2) is 36.4 Å². The molecule has 21 heavy (non-hydrogen) atoms. The van der Waals surface area contributed by atoms with E-state index in [1.54, 1.807) is 24.3 Å². The van der Waals surface area contributed by atoms with Crippen molar-refractivity contribution in [1.29, 1.82) is 0 Å². The summed E-state index contributed by atoms with van der Waals surface area (Å²) < 4.78 is 22.9. The molecule has 0 radical (unpaired) electrons. The minimum atomic E-state index is -3.73. The van der Waals surface area contributed by atoms with Crippen molar-refractivity contribution in [3.8, 4) is 11.5 Å². The van der Waals surface area contributed by atoms with E-state index in [4.69, 9.17) is 20.3 Å². The van der Waals surface area contributed by atoms with Gasteiger partial charge in [-0.15, -0.1) is 0 Å². The van der Waals surface area contributed by atoms with Crippen LogP contribution < -0.4 is 9.05 Å². The lowest BCUT2D eigenvalue weighted by atomic mass is 10.1. The molecular formula is C16H18ClO3P. The van der Waals surface area contributed by atoms with Crippen molar-refractivity contribution in [2.75, 3.05) is 0 Å². The molecule has 0 unspecified atom stereocenters. The Morgan fingerprint density at radius 3 is 1.48 bits per heavy atom. The Kier molecular flexibility index (Phi) is 4.65. The fourth-order valence-corrected chi connectivity index (χ4v) is 3.06. The highest BCUT2D eigenvalue weighted by molar-refractivity contribution is 7.82. The number of rotatable bonds is 4. The predicted molar refractivity (Wildman–Crippen MR) is 86.5 cm³/mol. The van der Waals surface area contributed by atoms with Crippen molar-refractivity contribution in [2.24, 2.45) is 0 Å². The summed E-state index contributed by atoms with van der Waals surface area (Å²) in [5.74, 6) is 0.862. The zero-order valence-corrected chi connectivity index (χ0v) is 14.2. The average molecular weight is 325 g/mol. The molecule has 3 nitrogen and oxygen atoms in total. The molecule has 0 aliphatic rings. The first kappa shape index (κ1) is 15.9. The molecule has 112 valence electrons. The number of halogens is 1. The molecule has 0 aromatic heterocycles. The third-order valence-corrected chi connectivity index (χ3v) is 4.66. The van der Waals surface area contributed by atoms with E-state index in [1.807, 2.05) is 39.8 Å². The fraction of sp³-hybridized carbons (Fsp3) is 0.250. The summed E-state index contributed by atoms with van der Waals surface area (Å²) in [6.45, 7) is 4.15. The summed E-state index contributed by atoms with van der Waals surface area (Å²) in [6, 6.07) is 10.8. The lowest BCUT2D eigenvalue weighted by molar-refractivity contribution is 0.406. The second kappa shape index (κ2) is 6.13. The molecule has 0 N–H and O–H groups in total. The van der Waals surface area contributed by atoms with E-state index in [0.717, 1.165) is 22.3 Å². The summed E-state index contributed by atoms with van der Waals surface area (Å²) in [4.78, 5) is 0. The molecule has 0 fully saturated rings. The highest BCUT2D eigenvalue weighted by Crippen LogP contribution is 2.53. The van der Waals surface area contributed by atoms with Crippen LogP contribution in [0, 0.1) is 27.7 Å². The van der Waals surface area contributed by atoms with E-state index >= 15 is 0 Å². The summed E-state index contributed by atoms with van der Waals surface area (Å²) in [6.07, 6.45) is 0. The van der Waals surface area contributed by atoms with Crippen LogP contribution in [0.25, 0.3) is 0 Å². The molecule has 2 aromatic carbocycles. The van der Waals surface area contributed by atoms with E-state index in [0.29, 0.717) is 11.5 Å². The molecule has 0 aliphatic carbocycles. The lowest BCUT2D eigenvalue weighted by Gasteiger charge is -2.15. The standard InChI is InChI=1S/C16H18ClO3P/c1-11-5-7-15(9-13(11)3)19-21(17,18)20-16-8-6-12(2)14(4)10-16/h5-10H,1-4H3. The number of benzene rings is 2. The van der Waals surface area contributed by atoms with Gasteiger partial charge in [-0.25, -0.2) is 4.57 Å². The maximum Gasteiger partial charge on any atom is 0.530 e. The smallest absolute Gasteiger partial charge is 0.405 e. The van der Waals surface area contributed by atoms with E-state index in [-0.39, 0.29) is 0 Å². The minimum absolute atomic E-state index is 0.431. The van der Waals surface area contributed by atoms with Gasteiger partial charge in [0.05, 0.1) is 0 Å². The molecule has 0 saturated carbocycles. The Hall–Kier alpha value is -1.44. The first-order valence-corrected chi connectivity index (χ1v) is 9.05. The van der Waals surface area contributed by atoms with Crippen molar-refractivity contribution in [3.05, 3.63) is 58.7 Å². The summed E-state index contributed by atoms with van der Waals surface area (Å²) >= 11 is 5.90. The Balaban J connectivity index is 2.15. The maximum atomic E-state index is 12.3. The van der Waals surface area contributed by atoms with Crippen LogP contribution >= 0.6 is 18.2 Å². The molecule has 0 amide bonds. The van der Waals surface area contributed by atoms with Gasteiger partial charge in [0.15, 0.2) is 0 Å². The van der Waals surface area contributed by atoms with Gasteiger partial charge in [0.1, 0.15) is 11.5 Å². The highest BCUT2D eigenvalue weighted by atomic mass is 35.7. The second-order valence-electron chi connectivity index (χ2n) is 5.11. The topological polar surface area (TPSA) is 35.5 Å². The molecule has 2 aromatic rings. The Morgan fingerprint density at radius 1 is 0.762 bits per heavy atom. The van der Waals surface area contributed by atoms with Gasteiger partial charge in [-0.2, -0.15) is 0 Å². The Bertz CT molecular complexity index is 655. The SMILES string of the molecule is Cc1ccc(OP(=O)(Cl)Oc2ccc(C)c(C)c2)cc1C. The quantitative estimate of drug-likeness (QED) is 0.674. The van der Waals surface area contributed by atoms with Crippen LogP contribution in [0.3, 0.4) is 0 Å². The van der Waals surface area contributed by atoms with Crippen LogP contribution in [0.2, 0.25) is 0 Å². The predicted octanol–water partition coefficient (Wildman–Crippen LogP) is 5.72. The van der Waals surface area contributed by atoms with Crippen LogP contribution in [0.5, 0.6) is 11.5 Å². The van der Waals surface area contributed by atoms with E-state index in [9.17, 15) is 4.57 Å². The van der Waals surface area contributed by atoms with Gasteiger partial charge in [0.2, 0.25) is 0 Å². The zero-order chi connectivity index (χ0) is 15.6. The third-order valence-electron chi connectivity index (χ3n) is 3.39. The monoisotopic (exact) mass is 324 g/mol. The van der Waals surface area contributed by atoms with Crippen molar-refractivity contribution in [1.82, 2.24) is 0 Å². The van der Waals surface area contributed by atoms with Crippen molar-refractivity contribution >= 4 is 18.2 Å². The average Bonchev–Trinajstić information content (AvgIpc) is 2.37. The van der Waals surface area contributed by atoms with Crippen LogP contribution in [-0.2, 0) is 4.57 Å². The van der Waals surface area contributed by atoms with Crippen molar-refractivity contribution in [3.63, 3.8) is 0 Å². The van der Waals surface area contributed by atoms with Gasteiger partial charge < -0.3 is 9.05 Å². The third kappa shape index (κ3) is 4.26. The molecule has 0 bridgehead atoms. The minimum Gasteiger partial charge on any atom is -0.405 e. The largest absolute Gasteiger partial charge is 0.530 e. The van der Waals surface area contributed by atoms with Crippen molar-refractivity contribution in [2.45, 2.75) is 27.7 Å². The Labute approximate surface area is 130 Å². The zero-order valence-electron chi connectivity index (χ0n) is 12.5. The van der Waals surface area contributed by atoms with Gasteiger partial charge in [0.25, 0.3) is 0 Å².